The van der Waals surface area contributed by atoms with Crippen LogP contribution in [0.15, 0.2) is 42.5 Å². The number of nitrogens with one attached hydrogen (secondary N) is 1. The van der Waals surface area contributed by atoms with Crippen LogP contribution in [0.5, 0.6) is 17.2 Å². The molecule has 0 aliphatic rings. The van der Waals surface area contributed by atoms with Crippen LogP contribution in [-0.4, -0.2) is 38.3 Å². The molecule has 2 aromatic rings. The number of rotatable bonds is 8. The van der Waals surface area contributed by atoms with Gasteiger partial charge in [-0.25, -0.2) is 9.18 Å². The minimum atomic E-state index is -1.06. The Kier molecular flexibility index (Phi) is 7.20. The lowest BCUT2D eigenvalue weighted by atomic mass is 10.2. The van der Waals surface area contributed by atoms with Gasteiger partial charge in [-0.2, -0.15) is 0 Å². The highest BCUT2D eigenvalue weighted by Crippen LogP contribution is 2.29. The Morgan fingerprint density at radius 2 is 1.57 bits per heavy atom. The molecule has 0 aliphatic carbocycles. The van der Waals surface area contributed by atoms with E-state index in [-0.39, 0.29) is 0 Å². The fourth-order valence-electron chi connectivity index (χ4n) is 2.25. The highest BCUT2D eigenvalue weighted by molar-refractivity contribution is 5.95. The number of benzene rings is 2. The normalized spacial score (nSPS) is 12.5. The number of esters is 1. The van der Waals surface area contributed by atoms with Crippen molar-refractivity contribution >= 4 is 17.6 Å². The van der Waals surface area contributed by atoms with Gasteiger partial charge < -0.3 is 24.3 Å². The van der Waals surface area contributed by atoms with Crippen LogP contribution in [0.4, 0.5) is 10.1 Å². The van der Waals surface area contributed by atoms with Gasteiger partial charge in [-0.15, -0.1) is 0 Å². The van der Waals surface area contributed by atoms with E-state index in [1.54, 1.807) is 18.2 Å². The molecule has 8 heteroatoms. The summed E-state index contributed by atoms with van der Waals surface area (Å²) in [7, 11) is 2.99. The lowest BCUT2D eigenvalue weighted by Gasteiger charge is -2.18. The van der Waals surface area contributed by atoms with Crippen molar-refractivity contribution in [3.8, 4) is 17.2 Å². The van der Waals surface area contributed by atoms with Gasteiger partial charge in [-0.1, -0.05) is 0 Å². The van der Waals surface area contributed by atoms with Gasteiger partial charge in [0, 0.05) is 11.8 Å². The molecule has 28 heavy (non-hydrogen) atoms. The molecule has 0 bridgehead atoms. The molecule has 2 aromatic carbocycles. The number of ether oxygens (including phenoxy) is 4. The highest BCUT2D eigenvalue weighted by Gasteiger charge is 2.23. The molecule has 150 valence electrons. The van der Waals surface area contributed by atoms with E-state index < -0.39 is 29.9 Å². The topological polar surface area (TPSA) is 83.1 Å². The van der Waals surface area contributed by atoms with E-state index in [2.05, 4.69) is 5.32 Å². The van der Waals surface area contributed by atoms with Crippen LogP contribution in [0.1, 0.15) is 13.8 Å². The van der Waals surface area contributed by atoms with E-state index in [1.807, 2.05) is 0 Å². The Morgan fingerprint density at radius 1 is 0.929 bits per heavy atom. The van der Waals surface area contributed by atoms with Gasteiger partial charge in [0.05, 0.1) is 14.2 Å². The summed E-state index contributed by atoms with van der Waals surface area (Å²) in [6, 6.07) is 10.1. The van der Waals surface area contributed by atoms with E-state index in [1.165, 1.54) is 52.3 Å². The molecule has 0 saturated heterocycles. The molecule has 0 heterocycles. The highest BCUT2D eigenvalue weighted by atomic mass is 19.1. The van der Waals surface area contributed by atoms with Gasteiger partial charge in [0.25, 0.3) is 5.91 Å². The number of methoxy groups -OCH3 is 2. The zero-order valence-electron chi connectivity index (χ0n) is 16.0. The second-order valence-corrected chi connectivity index (χ2v) is 5.85. The van der Waals surface area contributed by atoms with Gasteiger partial charge in [-0.3, -0.25) is 4.79 Å². The second-order valence-electron chi connectivity index (χ2n) is 5.85. The van der Waals surface area contributed by atoms with Crippen LogP contribution in [0.3, 0.4) is 0 Å². The monoisotopic (exact) mass is 391 g/mol. The maximum absolute atomic E-state index is 12.9. The predicted molar refractivity (Wildman–Crippen MR) is 100 cm³/mol. The lowest BCUT2D eigenvalue weighted by Crippen LogP contribution is -2.35. The number of carbonyl (C=O) groups excluding carboxylic acids is 2. The lowest BCUT2D eigenvalue weighted by molar-refractivity contribution is -0.159. The summed E-state index contributed by atoms with van der Waals surface area (Å²) < 4.78 is 33.7. The Hall–Kier alpha value is -3.29. The first-order valence-electron chi connectivity index (χ1n) is 8.49. The molecule has 0 spiro atoms. The number of anilines is 1. The van der Waals surface area contributed by atoms with Crippen LogP contribution in [0, 0.1) is 5.82 Å². The van der Waals surface area contributed by atoms with Crippen LogP contribution in [0.25, 0.3) is 0 Å². The number of amides is 1. The van der Waals surface area contributed by atoms with Crippen molar-refractivity contribution in [2.45, 2.75) is 26.1 Å². The van der Waals surface area contributed by atoms with Crippen LogP contribution in [0.2, 0.25) is 0 Å². The average Bonchev–Trinajstić information content (AvgIpc) is 2.69. The molecule has 0 fully saturated rings. The summed E-state index contributed by atoms with van der Waals surface area (Å²) >= 11 is 0. The summed E-state index contributed by atoms with van der Waals surface area (Å²) in [5.41, 5.74) is 0.459. The van der Waals surface area contributed by atoms with Crippen LogP contribution < -0.4 is 19.5 Å². The van der Waals surface area contributed by atoms with Crippen molar-refractivity contribution in [1.82, 2.24) is 0 Å². The van der Waals surface area contributed by atoms with Gasteiger partial charge in [0.1, 0.15) is 11.6 Å². The molecule has 7 nitrogen and oxygen atoms in total. The molecular weight excluding hydrogens is 369 g/mol. The third kappa shape index (κ3) is 5.60. The summed E-state index contributed by atoms with van der Waals surface area (Å²) in [5.74, 6) is -0.372. The summed E-state index contributed by atoms with van der Waals surface area (Å²) in [5, 5.41) is 2.63. The van der Waals surface area contributed by atoms with Crippen molar-refractivity contribution in [3.05, 3.63) is 48.3 Å². The first-order chi connectivity index (χ1) is 13.3. The molecule has 0 radical (unpaired) electrons. The van der Waals surface area contributed by atoms with Crippen molar-refractivity contribution < 1.29 is 32.9 Å². The summed E-state index contributed by atoms with van der Waals surface area (Å²) in [4.78, 5) is 24.4. The third-order valence-corrected chi connectivity index (χ3v) is 3.77. The molecule has 2 rings (SSSR count). The maximum Gasteiger partial charge on any atom is 0.347 e. The number of hydrogen-bond donors (Lipinski definition) is 1. The summed E-state index contributed by atoms with van der Waals surface area (Å²) in [6.45, 7) is 2.92. The molecule has 1 amide bonds. The number of halogens is 1. The minimum absolute atomic E-state index is 0.313. The summed E-state index contributed by atoms with van der Waals surface area (Å²) in [6.07, 6.45) is -2.03. The Bertz CT molecular complexity index is 824. The van der Waals surface area contributed by atoms with E-state index >= 15 is 0 Å². The molecule has 0 unspecified atom stereocenters. The molecule has 0 aromatic heterocycles. The van der Waals surface area contributed by atoms with Gasteiger partial charge >= 0.3 is 5.97 Å². The molecular formula is C20H22FNO6. The van der Waals surface area contributed by atoms with Gasteiger partial charge in [0.15, 0.2) is 23.7 Å². The Balaban J connectivity index is 1.92. The van der Waals surface area contributed by atoms with Crippen molar-refractivity contribution in [2.24, 2.45) is 0 Å². The maximum atomic E-state index is 12.9. The fourth-order valence-corrected chi connectivity index (χ4v) is 2.25. The first kappa shape index (κ1) is 21.0. The minimum Gasteiger partial charge on any atom is -0.493 e. The zero-order chi connectivity index (χ0) is 20.7. The second kappa shape index (κ2) is 9.59. The SMILES string of the molecule is COc1ccc(NC(=O)[C@@H](C)OC(=O)[C@@H](C)Oc2ccc(F)cc2)cc1OC. The zero-order valence-corrected chi connectivity index (χ0v) is 16.0. The fraction of sp³-hybridized carbons (Fsp3) is 0.300. The third-order valence-electron chi connectivity index (χ3n) is 3.77. The quantitative estimate of drug-likeness (QED) is 0.696. The van der Waals surface area contributed by atoms with E-state index in [9.17, 15) is 14.0 Å². The first-order valence-corrected chi connectivity index (χ1v) is 8.49. The van der Waals surface area contributed by atoms with Crippen LogP contribution in [-0.2, 0) is 14.3 Å². The average molecular weight is 391 g/mol. The van der Waals surface area contributed by atoms with E-state index in [4.69, 9.17) is 18.9 Å². The molecule has 0 saturated carbocycles. The molecule has 1 N–H and O–H groups in total. The van der Waals surface area contributed by atoms with Crippen molar-refractivity contribution in [1.29, 1.82) is 0 Å². The number of carbonyl (C=O) groups is 2. The van der Waals surface area contributed by atoms with Crippen molar-refractivity contribution in [3.63, 3.8) is 0 Å². The number of hydrogen-bond acceptors (Lipinski definition) is 6. The smallest absolute Gasteiger partial charge is 0.347 e. The largest absolute Gasteiger partial charge is 0.493 e. The standard InChI is InChI=1S/C20H22FNO6/c1-12(19(23)22-15-7-10-17(25-3)18(11-15)26-4)28-20(24)13(2)27-16-8-5-14(21)6-9-16/h5-13H,1-4H3,(H,22,23)/t12-,13-/m1/s1. The predicted octanol–water partition coefficient (Wildman–Crippen LogP) is 3.18. The molecule has 2 atom stereocenters. The van der Waals surface area contributed by atoms with Gasteiger partial charge in [-0.05, 0) is 50.2 Å². The van der Waals surface area contributed by atoms with Crippen molar-refractivity contribution in [2.75, 3.05) is 19.5 Å². The Morgan fingerprint density at radius 3 is 2.18 bits per heavy atom. The molecule has 0 aliphatic heterocycles. The van der Waals surface area contributed by atoms with E-state index in [0.717, 1.165) is 0 Å². The Labute approximate surface area is 162 Å². The van der Waals surface area contributed by atoms with Crippen LogP contribution >= 0.6 is 0 Å². The van der Waals surface area contributed by atoms with Gasteiger partial charge in [0.2, 0.25) is 0 Å². The van der Waals surface area contributed by atoms with E-state index in [0.29, 0.717) is 22.9 Å².